The molecule has 2 aromatic heterocycles. The number of pyridine rings is 1. The van der Waals surface area contributed by atoms with E-state index in [1.165, 1.54) is 27.8 Å². The highest BCUT2D eigenvalue weighted by Gasteiger charge is 2.13. The number of hydrogen-bond donors (Lipinski definition) is 0. The Morgan fingerprint density at radius 1 is 0.950 bits per heavy atom. The molecular weight excluding hydrogens is 312 g/mol. The maximum atomic E-state index is 4.73. The SMILES string of the molecule is Cc1ccc2c(C)cn(-c3c(C)cc(Br)cc3C)c2n1. The highest BCUT2D eigenvalue weighted by molar-refractivity contribution is 9.10. The maximum Gasteiger partial charge on any atom is 0.145 e. The molecule has 0 saturated heterocycles. The van der Waals surface area contributed by atoms with Crippen molar-refractivity contribution < 1.29 is 0 Å². The first-order chi connectivity index (χ1) is 9.47. The van der Waals surface area contributed by atoms with E-state index < -0.39 is 0 Å². The Morgan fingerprint density at radius 3 is 2.25 bits per heavy atom. The molecule has 0 atom stereocenters. The molecular formula is C17H17BrN2. The summed E-state index contributed by atoms with van der Waals surface area (Å²) in [5, 5.41) is 1.22. The van der Waals surface area contributed by atoms with Crippen LogP contribution < -0.4 is 0 Å². The first kappa shape index (κ1) is 13.4. The van der Waals surface area contributed by atoms with Crippen molar-refractivity contribution >= 4 is 27.0 Å². The monoisotopic (exact) mass is 328 g/mol. The highest BCUT2D eigenvalue weighted by Crippen LogP contribution is 2.29. The van der Waals surface area contributed by atoms with Crippen LogP contribution in [0.3, 0.4) is 0 Å². The van der Waals surface area contributed by atoms with Crippen LogP contribution in [-0.2, 0) is 0 Å². The Balaban J connectivity index is 2.38. The van der Waals surface area contributed by atoms with Gasteiger partial charge in [-0.15, -0.1) is 0 Å². The van der Waals surface area contributed by atoms with E-state index in [2.05, 4.69) is 71.7 Å². The lowest BCUT2D eigenvalue weighted by Crippen LogP contribution is -2.00. The molecule has 0 bridgehead atoms. The molecule has 102 valence electrons. The third-order valence-electron chi connectivity index (χ3n) is 3.69. The van der Waals surface area contributed by atoms with E-state index in [0.29, 0.717) is 0 Å². The molecule has 3 heteroatoms. The molecule has 0 N–H and O–H groups in total. The van der Waals surface area contributed by atoms with Crippen LogP contribution in [0.1, 0.15) is 22.4 Å². The van der Waals surface area contributed by atoms with Gasteiger partial charge in [-0.25, -0.2) is 4.98 Å². The van der Waals surface area contributed by atoms with Crippen molar-refractivity contribution in [3.05, 3.63) is 57.3 Å². The van der Waals surface area contributed by atoms with E-state index in [1.54, 1.807) is 0 Å². The topological polar surface area (TPSA) is 17.8 Å². The molecule has 0 spiro atoms. The van der Waals surface area contributed by atoms with Gasteiger partial charge in [-0.3, -0.25) is 0 Å². The fraction of sp³-hybridized carbons (Fsp3) is 0.235. The lowest BCUT2D eigenvalue weighted by atomic mass is 10.1. The average Bonchev–Trinajstić information content (AvgIpc) is 2.65. The maximum absolute atomic E-state index is 4.73. The largest absolute Gasteiger partial charge is 0.301 e. The number of rotatable bonds is 1. The van der Waals surface area contributed by atoms with E-state index in [9.17, 15) is 0 Å². The van der Waals surface area contributed by atoms with E-state index in [0.717, 1.165) is 15.8 Å². The second-order valence-electron chi connectivity index (χ2n) is 5.39. The quantitative estimate of drug-likeness (QED) is 0.613. The first-order valence-corrected chi connectivity index (χ1v) is 7.49. The van der Waals surface area contributed by atoms with Gasteiger partial charge in [0.1, 0.15) is 5.65 Å². The Morgan fingerprint density at radius 2 is 1.60 bits per heavy atom. The summed E-state index contributed by atoms with van der Waals surface area (Å²) >= 11 is 3.56. The smallest absolute Gasteiger partial charge is 0.145 e. The number of halogens is 1. The fourth-order valence-electron chi connectivity index (χ4n) is 2.81. The van der Waals surface area contributed by atoms with Gasteiger partial charge in [0, 0.05) is 21.7 Å². The Labute approximate surface area is 127 Å². The lowest BCUT2D eigenvalue weighted by Gasteiger charge is -2.13. The predicted octanol–water partition coefficient (Wildman–Crippen LogP) is 5.02. The third kappa shape index (κ3) is 2.06. The van der Waals surface area contributed by atoms with Crippen molar-refractivity contribution in [2.24, 2.45) is 0 Å². The van der Waals surface area contributed by atoms with Crippen LogP contribution in [0.25, 0.3) is 16.7 Å². The molecule has 0 aliphatic heterocycles. The van der Waals surface area contributed by atoms with Crippen LogP contribution in [0, 0.1) is 27.7 Å². The van der Waals surface area contributed by atoms with Crippen LogP contribution in [0.2, 0.25) is 0 Å². The van der Waals surface area contributed by atoms with E-state index >= 15 is 0 Å². The molecule has 0 aliphatic rings. The number of hydrogen-bond acceptors (Lipinski definition) is 1. The normalized spacial score (nSPS) is 11.2. The molecule has 0 amide bonds. The number of benzene rings is 1. The molecule has 3 aromatic rings. The van der Waals surface area contributed by atoms with Crippen LogP contribution in [0.15, 0.2) is 34.9 Å². The van der Waals surface area contributed by atoms with Crippen LogP contribution in [0.4, 0.5) is 0 Å². The zero-order chi connectivity index (χ0) is 14.4. The molecule has 1 aromatic carbocycles. The lowest BCUT2D eigenvalue weighted by molar-refractivity contribution is 1.04. The number of aryl methyl sites for hydroxylation is 4. The Bertz CT molecular complexity index is 792. The first-order valence-electron chi connectivity index (χ1n) is 6.70. The summed E-state index contributed by atoms with van der Waals surface area (Å²) in [7, 11) is 0. The zero-order valence-electron chi connectivity index (χ0n) is 12.2. The minimum absolute atomic E-state index is 1.04. The molecule has 2 heterocycles. The Kier molecular flexibility index (Phi) is 3.17. The number of aromatic nitrogens is 2. The molecule has 20 heavy (non-hydrogen) atoms. The van der Waals surface area contributed by atoms with Gasteiger partial charge in [0.2, 0.25) is 0 Å². The van der Waals surface area contributed by atoms with Crippen LogP contribution >= 0.6 is 15.9 Å². The minimum Gasteiger partial charge on any atom is -0.301 e. The van der Waals surface area contributed by atoms with Crippen LogP contribution in [-0.4, -0.2) is 9.55 Å². The summed E-state index contributed by atoms with van der Waals surface area (Å²) in [5.41, 5.74) is 7.06. The number of nitrogens with zero attached hydrogens (tertiary/aromatic N) is 2. The van der Waals surface area contributed by atoms with E-state index in [1.807, 2.05) is 6.92 Å². The van der Waals surface area contributed by atoms with Gasteiger partial charge in [-0.2, -0.15) is 0 Å². The van der Waals surface area contributed by atoms with Crippen molar-refractivity contribution in [2.45, 2.75) is 27.7 Å². The zero-order valence-corrected chi connectivity index (χ0v) is 13.7. The van der Waals surface area contributed by atoms with Gasteiger partial charge in [-0.1, -0.05) is 15.9 Å². The molecule has 0 aliphatic carbocycles. The highest BCUT2D eigenvalue weighted by atomic mass is 79.9. The molecule has 0 fully saturated rings. The van der Waals surface area contributed by atoms with Crippen LogP contribution in [0.5, 0.6) is 0 Å². The summed E-state index contributed by atoms with van der Waals surface area (Å²) in [6, 6.07) is 8.53. The van der Waals surface area contributed by atoms with Gasteiger partial charge < -0.3 is 4.57 Å². The number of fused-ring (bicyclic) bond motifs is 1. The summed E-state index contributed by atoms with van der Waals surface area (Å²) in [5.74, 6) is 0. The standard InChI is InChI=1S/C17H17BrN2/c1-10-7-14(18)8-11(2)16(10)20-9-12(3)15-6-5-13(4)19-17(15)20/h5-9H,1-4H3. The summed E-state index contributed by atoms with van der Waals surface area (Å²) in [6.45, 7) is 8.46. The summed E-state index contributed by atoms with van der Waals surface area (Å²) < 4.78 is 3.34. The summed E-state index contributed by atoms with van der Waals surface area (Å²) in [6.07, 6.45) is 2.18. The van der Waals surface area contributed by atoms with Crippen molar-refractivity contribution in [2.75, 3.05) is 0 Å². The molecule has 0 saturated carbocycles. The minimum atomic E-state index is 1.04. The van der Waals surface area contributed by atoms with E-state index in [4.69, 9.17) is 4.98 Å². The molecule has 0 unspecified atom stereocenters. The van der Waals surface area contributed by atoms with Crippen molar-refractivity contribution in [1.82, 2.24) is 9.55 Å². The second kappa shape index (κ2) is 4.74. The van der Waals surface area contributed by atoms with Crippen molar-refractivity contribution in [1.29, 1.82) is 0 Å². The second-order valence-corrected chi connectivity index (χ2v) is 6.31. The van der Waals surface area contributed by atoms with Gasteiger partial charge >= 0.3 is 0 Å². The van der Waals surface area contributed by atoms with Gasteiger partial charge in [0.25, 0.3) is 0 Å². The molecule has 3 rings (SSSR count). The fourth-order valence-corrected chi connectivity index (χ4v) is 3.50. The van der Waals surface area contributed by atoms with Gasteiger partial charge in [0.05, 0.1) is 5.69 Å². The third-order valence-corrected chi connectivity index (χ3v) is 4.14. The van der Waals surface area contributed by atoms with Crippen molar-refractivity contribution in [3.63, 3.8) is 0 Å². The predicted molar refractivity (Wildman–Crippen MR) is 87.7 cm³/mol. The van der Waals surface area contributed by atoms with Gasteiger partial charge in [0.15, 0.2) is 0 Å². The van der Waals surface area contributed by atoms with Crippen molar-refractivity contribution in [3.8, 4) is 5.69 Å². The molecule has 2 nitrogen and oxygen atoms in total. The summed E-state index contributed by atoms with van der Waals surface area (Å²) in [4.78, 5) is 4.73. The van der Waals surface area contributed by atoms with Gasteiger partial charge in [-0.05, 0) is 68.7 Å². The Hall–Kier alpha value is -1.61. The average molecular weight is 329 g/mol. The molecule has 0 radical (unpaired) electrons. The van der Waals surface area contributed by atoms with E-state index in [-0.39, 0.29) is 0 Å².